The Morgan fingerprint density at radius 1 is 1.38 bits per heavy atom. The number of nitrogens with one attached hydrogen (secondary N) is 1. The number of hydrogen-bond donors (Lipinski definition) is 1. The number of pyridine rings is 1. The van der Waals surface area contributed by atoms with Crippen molar-refractivity contribution in [3.8, 4) is 11.6 Å². The number of ether oxygens (including phenoxy) is 3. The summed E-state index contributed by atoms with van der Waals surface area (Å²) in [6, 6.07) is 8.24. The van der Waals surface area contributed by atoms with Crippen LogP contribution in [0.15, 0.2) is 36.5 Å². The fourth-order valence-electron chi connectivity index (χ4n) is 2.36. The quantitative estimate of drug-likeness (QED) is 0.898. The number of carbonyl (C=O) groups excluding carboxylic acids is 1. The van der Waals surface area contributed by atoms with E-state index in [9.17, 15) is 4.79 Å². The number of benzene rings is 1. The lowest BCUT2D eigenvalue weighted by atomic mass is 10.2. The lowest BCUT2D eigenvalue weighted by Crippen LogP contribution is -2.17. The average molecular weight is 349 g/mol. The number of carbonyl (C=O) groups is 1. The molecule has 1 aromatic heterocycles. The normalized spacial score (nSPS) is 16.7. The van der Waals surface area contributed by atoms with Gasteiger partial charge in [-0.15, -0.1) is 0 Å². The smallest absolute Gasteiger partial charge is 0.256 e. The van der Waals surface area contributed by atoms with Gasteiger partial charge in [-0.3, -0.25) is 4.79 Å². The Morgan fingerprint density at radius 3 is 3.00 bits per heavy atom. The van der Waals surface area contributed by atoms with Crippen LogP contribution in [0.2, 0.25) is 5.02 Å². The monoisotopic (exact) mass is 348 g/mol. The fraction of sp³-hybridized carbons (Fsp3) is 0.294. The highest BCUT2D eigenvalue weighted by Gasteiger charge is 2.18. The van der Waals surface area contributed by atoms with E-state index < -0.39 is 0 Å². The minimum atomic E-state index is -0.300. The van der Waals surface area contributed by atoms with Gasteiger partial charge < -0.3 is 19.5 Å². The molecular weight excluding hydrogens is 332 g/mol. The summed E-state index contributed by atoms with van der Waals surface area (Å²) in [5.74, 6) is 0.628. The summed E-state index contributed by atoms with van der Waals surface area (Å²) in [5.41, 5.74) is 0.930. The maximum absolute atomic E-state index is 12.5. The second-order valence-electron chi connectivity index (χ2n) is 5.28. The molecule has 1 fully saturated rings. The van der Waals surface area contributed by atoms with Gasteiger partial charge in [0.15, 0.2) is 0 Å². The summed E-state index contributed by atoms with van der Waals surface area (Å²) in [4.78, 5) is 16.6. The Hall–Kier alpha value is -2.31. The zero-order valence-corrected chi connectivity index (χ0v) is 13.9. The second-order valence-corrected chi connectivity index (χ2v) is 5.72. The third kappa shape index (κ3) is 3.96. The summed E-state index contributed by atoms with van der Waals surface area (Å²) >= 11 is 5.97. The first-order valence-electron chi connectivity index (χ1n) is 7.51. The van der Waals surface area contributed by atoms with E-state index in [0.717, 1.165) is 6.42 Å². The molecule has 0 aliphatic carbocycles. The summed E-state index contributed by atoms with van der Waals surface area (Å²) in [6.45, 7) is 1.22. The van der Waals surface area contributed by atoms with Crippen molar-refractivity contribution >= 4 is 23.2 Å². The number of halogens is 1. The van der Waals surface area contributed by atoms with E-state index >= 15 is 0 Å². The molecule has 1 aliphatic heterocycles. The Balaban J connectivity index is 1.74. The van der Waals surface area contributed by atoms with Gasteiger partial charge >= 0.3 is 0 Å². The molecular formula is C17H17ClN2O4. The number of hydrogen-bond acceptors (Lipinski definition) is 5. The average Bonchev–Trinajstić information content (AvgIpc) is 3.08. The predicted molar refractivity (Wildman–Crippen MR) is 90.0 cm³/mol. The molecule has 1 atom stereocenters. The summed E-state index contributed by atoms with van der Waals surface area (Å²) < 4.78 is 16.2. The van der Waals surface area contributed by atoms with Crippen LogP contribution in [0.3, 0.4) is 0 Å². The van der Waals surface area contributed by atoms with Crippen LogP contribution in [-0.2, 0) is 4.74 Å². The topological polar surface area (TPSA) is 69.7 Å². The van der Waals surface area contributed by atoms with Crippen molar-refractivity contribution in [1.82, 2.24) is 4.98 Å². The van der Waals surface area contributed by atoms with E-state index in [-0.39, 0.29) is 12.0 Å². The SMILES string of the molecule is COc1ccc(Cl)cc1NC(=O)c1ccnc(O[C@H]2CCOC2)c1. The van der Waals surface area contributed by atoms with E-state index in [1.165, 1.54) is 13.3 Å². The van der Waals surface area contributed by atoms with Crippen molar-refractivity contribution in [2.75, 3.05) is 25.6 Å². The van der Waals surface area contributed by atoms with Gasteiger partial charge in [-0.2, -0.15) is 0 Å². The standard InChI is InChI=1S/C17H17ClN2O4/c1-22-15-3-2-12(18)9-14(15)20-17(21)11-4-6-19-16(8-11)24-13-5-7-23-10-13/h2-4,6,8-9,13H,5,7,10H2,1H3,(H,20,21)/t13-/m0/s1. The third-order valence-corrected chi connectivity index (χ3v) is 3.82. The van der Waals surface area contributed by atoms with Crippen molar-refractivity contribution in [3.05, 3.63) is 47.1 Å². The van der Waals surface area contributed by atoms with Gasteiger partial charge in [0, 0.05) is 29.3 Å². The van der Waals surface area contributed by atoms with Crippen LogP contribution in [0.25, 0.3) is 0 Å². The van der Waals surface area contributed by atoms with Crippen molar-refractivity contribution < 1.29 is 19.0 Å². The molecule has 1 saturated heterocycles. The van der Waals surface area contributed by atoms with Gasteiger partial charge in [-0.25, -0.2) is 4.98 Å². The number of amides is 1. The lowest BCUT2D eigenvalue weighted by molar-refractivity contribution is 0.102. The van der Waals surface area contributed by atoms with Gasteiger partial charge in [0.05, 0.1) is 26.0 Å². The molecule has 2 heterocycles. The first-order valence-corrected chi connectivity index (χ1v) is 7.89. The van der Waals surface area contributed by atoms with Crippen LogP contribution in [0.4, 0.5) is 5.69 Å². The molecule has 1 N–H and O–H groups in total. The molecule has 2 aromatic rings. The first kappa shape index (κ1) is 16.5. The molecule has 0 radical (unpaired) electrons. The molecule has 1 amide bonds. The molecule has 0 unspecified atom stereocenters. The second kappa shape index (κ2) is 7.51. The number of anilines is 1. The van der Waals surface area contributed by atoms with Crippen LogP contribution in [-0.4, -0.2) is 37.3 Å². The van der Waals surface area contributed by atoms with Gasteiger partial charge in [0.2, 0.25) is 5.88 Å². The van der Waals surface area contributed by atoms with Crippen molar-refractivity contribution in [2.45, 2.75) is 12.5 Å². The Kier molecular flexibility index (Phi) is 5.17. The highest BCUT2D eigenvalue weighted by molar-refractivity contribution is 6.31. The summed E-state index contributed by atoms with van der Waals surface area (Å²) in [5, 5.41) is 3.29. The summed E-state index contributed by atoms with van der Waals surface area (Å²) in [7, 11) is 1.53. The fourth-order valence-corrected chi connectivity index (χ4v) is 2.54. The number of methoxy groups -OCH3 is 1. The molecule has 0 spiro atoms. The van der Waals surface area contributed by atoms with E-state index in [0.29, 0.717) is 41.1 Å². The van der Waals surface area contributed by atoms with Crippen LogP contribution in [0.5, 0.6) is 11.6 Å². The van der Waals surface area contributed by atoms with E-state index in [1.807, 2.05) is 0 Å². The predicted octanol–water partition coefficient (Wildman–Crippen LogP) is 3.16. The number of aromatic nitrogens is 1. The zero-order valence-electron chi connectivity index (χ0n) is 13.1. The molecule has 6 nitrogen and oxygen atoms in total. The molecule has 0 saturated carbocycles. The van der Waals surface area contributed by atoms with E-state index in [2.05, 4.69) is 10.3 Å². The van der Waals surface area contributed by atoms with Gasteiger partial charge in [-0.1, -0.05) is 11.6 Å². The zero-order chi connectivity index (χ0) is 16.9. The highest BCUT2D eigenvalue weighted by Crippen LogP contribution is 2.28. The van der Waals surface area contributed by atoms with Gasteiger partial charge in [0.25, 0.3) is 5.91 Å². The van der Waals surface area contributed by atoms with Crippen molar-refractivity contribution in [2.24, 2.45) is 0 Å². The van der Waals surface area contributed by atoms with Crippen LogP contribution in [0.1, 0.15) is 16.8 Å². The highest BCUT2D eigenvalue weighted by atomic mass is 35.5. The maximum Gasteiger partial charge on any atom is 0.256 e. The molecule has 24 heavy (non-hydrogen) atoms. The number of nitrogens with zero attached hydrogens (tertiary/aromatic N) is 1. The van der Waals surface area contributed by atoms with Gasteiger partial charge in [-0.05, 0) is 24.3 Å². The Labute approximate surface area is 144 Å². The van der Waals surface area contributed by atoms with Crippen LogP contribution in [0, 0.1) is 0 Å². The largest absolute Gasteiger partial charge is 0.495 e. The minimum absolute atomic E-state index is 0.0242. The molecule has 7 heteroatoms. The van der Waals surface area contributed by atoms with E-state index in [1.54, 1.807) is 30.3 Å². The lowest BCUT2D eigenvalue weighted by Gasteiger charge is -2.13. The van der Waals surface area contributed by atoms with E-state index in [4.69, 9.17) is 25.8 Å². The van der Waals surface area contributed by atoms with Crippen LogP contribution < -0.4 is 14.8 Å². The molecule has 0 bridgehead atoms. The molecule has 1 aliphatic rings. The number of rotatable bonds is 5. The molecule has 1 aromatic carbocycles. The summed E-state index contributed by atoms with van der Waals surface area (Å²) in [6.07, 6.45) is 2.33. The van der Waals surface area contributed by atoms with Crippen LogP contribution >= 0.6 is 11.6 Å². The van der Waals surface area contributed by atoms with Crippen molar-refractivity contribution in [3.63, 3.8) is 0 Å². The third-order valence-electron chi connectivity index (χ3n) is 3.58. The maximum atomic E-state index is 12.5. The molecule has 126 valence electrons. The Bertz CT molecular complexity index is 732. The van der Waals surface area contributed by atoms with Gasteiger partial charge in [0.1, 0.15) is 11.9 Å². The minimum Gasteiger partial charge on any atom is -0.495 e. The van der Waals surface area contributed by atoms with Crippen molar-refractivity contribution in [1.29, 1.82) is 0 Å². The first-order chi connectivity index (χ1) is 11.7. The molecule has 3 rings (SSSR count). The Morgan fingerprint density at radius 2 is 2.25 bits per heavy atom.